The Morgan fingerprint density at radius 2 is 2.29 bits per heavy atom. The quantitative estimate of drug-likeness (QED) is 0.425. The third-order valence-electron chi connectivity index (χ3n) is 2.82. The Balaban J connectivity index is 1.97. The van der Waals surface area contributed by atoms with Crippen LogP contribution in [0.25, 0.3) is 0 Å². The zero-order valence-electron chi connectivity index (χ0n) is 9.66. The highest BCUT2D eigenvalue weighted by Crippen LogP contribution is 2.17. The molecule has 1 aromatic rings. The van der Waals surface area contributed by atoms with E-state index < -0.39 is 0 Å². The highest BCUT2D eigenvalue weighted by atomic mass is 16.1. The van der Waals surface area contributed by atoms with Crippen LogP contribution in [-0.2, 0) is 4.79 Å². The summed E-state index contributed by atoms with van der Waals surface area (Å²) in [6, 6.07) is 0.172. The van der Waals surface area contributed by atoms with E-state index in [1.807, 2.05) is 6.92 Å². The summed E-state index contributed by atoms with van der Waals surface area (Å²) < 4.78 is 0. The Bertz CT molecular complexity index is 421. The van der Waals surface area contributed by atoms with Gasteiger partial charge in [-0.15, -0.1) is 0 Å². The number of carbonyl (C=O) groups is 1. The number of nitrogens with zero attached hydrogens (tertiary/aromatic N) is 2. The van der Waals surface area contributed by atoms with Crippen LogP contribution >= 0.6 is 0 Å². The van der Waals surface area contributed by atoms with Gasteiger partial charge in [0.25, 0.3) is 0 Å². The number of anilines is 2. The molecule has 1 aliphatic rings. The van der Waals surface area contributed by atoms with Crippen LogP contribution in [0.15, 0.2) is 6.33 Å². The van der Waals surface area contributed by atoms with Crippen LogP contribution in [0.2, 0.25) is 0 Å². The molecule has 7 nitrogen and oxygen atoms in total. The molecule has 92 valence electrons. The minimum atomic E-state index is 0.112. The number of carbonyl (C=O) groups excluding carboxylic acids is 1. The average molecular weight is 236 g/mol. The van der Waals surface area contributed by atoms with Crippen molar-refractivity contribution in [1.82, 2.24) is 15.3 Å². The molecule has 2 heterocycles. The molecule has 0 aliphatic carbocycles. The fourth-order valence-electron chi connectivity index (χ4n) is 1.82. The smallest absolute Gasteiger partial charge is 0.220 e. The molecule has 1 atom stereocenters. The van der Waals surface area contributed by atoms with Crippen LogP contribution in [0.3, 0.4) is 0 Å². The number of aromatic nitrogens is 2. The fourth-order valence-corrected chi connectivity index (χ4v) is 1.82. The van der Waals surface area contributed by atoms with Crippen molar-refractivity contribution in [3.63, 3.8) is 0 Å². The van der Waals surface area contributed by atoms with Gasteiger partial charge in [0.2, 0.25) is 5.91 Å². The van der Waals surface area contributed by atoms with Gasteiger partial charge in [0.15, 0.2) is 0 Å². The number of hydrogen-bond donors (Lipinski definition) is 4. The summed E-state index contributed by atoms with van der Waals surface area (Å²) in [7, 11) is 0. The van der Waals surface area contributed by atoms with Crippen molar-refractivity contribution in [2.45, 2.75) is 25.8 Å². The van der Waals surface area contributed by atoms with Crippen LogP contribution in [0, 0.1) is 6.92 Å². The van der Waals surface area contributed by atoms with Crippen LogP contribution in [-0.4, -0.2) is 28.5 Å². The Morgan fingerprint density at radius 3 is 2.94 bits per heavy atom. The van der Waals surface area contributed by atoms with Crippen LogP contribution in [0.4, 0.5) is 11.6 Å². The molecule has 7 heteroatoms. The van der Waals surface area contributed by atoms with Crippen LogP contribution < -0.4 is 21.9 Å². The molecule has 0 bridgehead atoms. The van der Waals surface area contributed by atoms with E-state index >= 15 is 0 Å². The summed E-state index contributed by atoms with van der Waals surface area (Å²) in [4.78, 5) is 19.2. The van der Waals surface area contributed by atoms with E-state index in [0.717, 1.165) is 17.8 Å². The molecule has 1 saturated heterocycles. The lowest BCUT2D eigenvalue weighted by atomic mass is 10.2. The zero-order chi connectivity index (χ0) is 12.3. The maximum atomic E-state index is 11.0. The first-order valence-corrected chi connectivity index (χ1v) is 5.52. The number of nitrogens with two attached hydrogens (primary N) is 1. The second-order valence-electron chi connectivity index (χ2n) is 4.02. The van der Waals surface area contributed by atoms with Gasteiger partial charge in [0.05, 0.1) is 0 Å². The number of hydrogen-bond acceptors (Lipinski definition) is 6. The van der Waals surface area contributed by atoms with Crippen molar-refractivity contribution < 1.29 is 4.79 Å². The summed E-state index contributed by atoms with van der Waals surface area (Å²) >= 11 is 0. The van der Waals surface area contributed by atoms with Gasteiger partial charge in [0.1, 0.15) is 18.0 Å². The Morgan fingerprint density at radius 1 is 1.53 bits per heavy atom. The predicted molar refractivity (Wildman–Crippen MR) is 64.2 cm³/mol. The van der Waals surface area contributed by atoms with E-state index in [-0.39, 0.29) is 11.9 Å². The van der Waals surface area contributed by atoms with Gasteiger partial charge in [-0.25, -0.2) is 15.8 Å². The second-order valence-corrected chi connectivity index (χ2v) is 4.02. The standard InChI is InChI=1S/C10H16N6O/c1-6-9(13-5-14-10(6)16-11)12-4-7-2-3-8(17)15-7/h5,7H,2-4,11H2,1H3,(H,15,17)(H2,12,13,14,16). The molecule has 1 fully saturated rings. The molecule has 0 saturated carbocycles. The third kappa shape index (κ3) is 2.62. The lowest BCUT2D eigenvalue weighted by molar-refractivity contribution is -0.119. The van der Waals surface area contributed by atoms with Crippen molar-refractivity contribution in [2.75, 3.05) is 17.3 Å². The molecule has 0 aromatic carbocycles. The monoisotopic (exact) mass is 236 g/mol. The summed E-state index contributed by atoms with van der Waals surface area (Å²) in [6.07, 6.45) is 2.90. The molecule has 2 rings (SSSR count). The zero-order valence-corrected chi connectivity index (χ0v) is 9.66. The first kappa shape index (κ1) is 11.6. The molecule has 1 amide bonds. The molecule has 5 N–H and O–H groups in total. The van der Waals surface area contributed by atoms with Gasteiger partial charge >= 0.3 is 0 Å². The van der Waals surface area contributed by atoms with Gasteiger partial charge in [0, 0.05) is 24.6 Å². The molecule has 0 spiro atoms. The van der Waals surface area contributed by atoms with Crippen LogP contribution in [0.5, 0.6) is 0 Å². The predicted octanol–water partition coefficient (Wildman–Crippen LogP) is -0.239. The maximum absolute atomic E-state index is 11.0. The van der Waals surface area contributed by atoms with Gasteiger partial charge < -0.3 is 16.1 Å². The first-order valence-electron chi connectivity index (χ1n) is 5.52. The largest absolute Gasteiger partial charge is 0.368 e. The van der Waals surface area contributed by atoms with Gasteiger partial charge in [-0.3, -0.25) is 4.79 Å². The van der Waals surface area contributed by atoms with Crippen molar-refractivity contribution in [3.05, 3.63) is 11.9 Å². The maximum Gasteiger partial charge on any atom is 0.220 e. The molecule has 17 heavy (non-hydrogen) atoms. The van der Waals surface area contributed by atoms with E-state index in [9.17, 15) is 4.79 Å². The van der Waals surface area contributed by atoms with Crippen molar-refractivity contribution >= 4 is 17.5 Å². The minimum Gasteiger partial charge on any atom is -0.368 e. The molecule has 1 unspecified atom stereocenters. The molecular weight excluding hydrogens is 220 g/mol. The number of amides is 1. The Labute approximate surface area is 99.2 Å². The number of nitrogen functional groups attached to an aromatic ring is 1. The van der Waals surface area contributed by atoms with Crippen LogP contribution in [0.1, 0.15) is 18.4 Å². The van der Waals surface area contributed by atoms with E-state index in [2.05, 4.69) is 26.0 Å². The van der Waals surface area contributed by atoms with Crippen molar-refractivity contribution in [3.8, 4) is 0 Å². The normalized spacial score (nSPS) is 18.9. The SMILES string of the molecule is Cc1c(NN)ncnc1NCC1CCC(=O)N1. The van der Waals surface area contributed by atoms with Gasteiger partial charge in [-0.1, -0.05) is 0 Å². The molecule has 0 radical (unpaired) electrons. The van der Waals surface area contributed by atoms with Gasteiger partial charge in [-0.05, 0) is 13.3 Å². The highest BCUT2D eigenvalue weighted by molar-refractivity contribution is 5.78. The molecule has 1 aliphatic heterocycles. The number of rotatable bonds is 4. The Kier molecular flexibility index (Phi) is 3.38. The Hall–Kier alpha value is -1.89. The summed E-state index contributed by atoms with van der Waals surface area (Å²) in [5.41, 5.74) is 3.37. The molecule has 1 aromatic heterocycles. The molecular formula is C10H16N6O. The second kappa shape index (κ2) is 4.96. The van der Waals surface area contributed by atoms with E-state index in [0.29, 0.717) is 18.8 Å². The van der Waals surface area contributed by atoms with Gasteiger partial charge in [-0.2, -0.15) is 0 Å². The fraction of sp³-hybridized carbons (Fsp3) is 0.500. The third-order valence-corrected chi connectivity index (χ3v) is 2.82. The van der Waals surface area contributed by atoms with E-state index in [1.165, 1.54) is 6.33 Å². The lowest BCUT2D eigenvalue weighted by Gasteiger charge is -2.14. The number of hydrazine groups is 1. The summed E-state index contributed by atoms with van der Waals surface area (Å²) in [5, 5.41) is 6.08. The lowest BCUT2D eigenvalue weighted by Crippen LogP contribution is -2.32. The number of nitrogens with one attached hydrogen (secondary N) is 3. The summed E-state index contributed by atoms with van der Waals surface area (Å²) in [5.74, 6) is 6.77. The van der Waals surface area contributed by atoms with Crippen molar-refractivity contribution in [2.24, 2.45) is 5.84 Å². The van der Waals surface area contributed by atoms with Crippen molar-refractivity contribution in [1.29, 1.82) is 0 Å². The summed E-state index contributed by atoms with van der Waals surface area (Å²) in [6.45, 7) is 2.54. The first-order chi connectivity index (χ1) is 8.20. The highest BCUT2D eigenvalue weighted by Gasteiger charge is 2.20. The minimum absolute atomic E-state index is 0.112. The van der Waals surface area contributed by atoms with E-state index in [1.54, 1.807) is 0 Å². The average Bonchev–Trinajstić information content (AvgIpc) is 2.74. The van der Waals surface area contributed by atoms with E-state index in [4.69, 9.17) is 5.84 Å². The topological polar surface area (TPSA) is 105 Å².